The van der Waals surface area contributed by atoms with Gasteiger partial charge in [-0.2, -0.15) is 0 Å². The van der Waals surface area contributed by atoms with E-state index in [1.54, 1.807) is 27.7 Å². The number of halogens is 4. The van der Waals surface area contributed by atoms with Gasteiger partial charge in [-0.3, -0.25) is 9.13 Å². The predicted molar refractivity (Wildman–Crippen MR) is 113 cm³/mol. The summed E-state index contributed by atoms with van der Waals surface area (Å²) < 4.78 is 48.0. The lowest BCUT2D eigenvalue weighted by molar-refractivity contribution is 0.224. The Morgan fingerprint density at radius 2 is 1.11 bits per heavy atom. The first-order valence-corrected chi connectivity index (χ1v) is 12.8. The summed E-state index contributed by atoms with van der Waals surface area (Å²) in [5.41, 5.74) is -0.220. The van der Waals surface area contributed by atoms with Crippen molar-refractivity contribution in [2.45, 2.75) is 27.7 Å². The zero-order valence-electron chi connectivity index (χ0n) is 15.6. The van der Waals surface area contributed by atoms with E-state index in [0.29, 0.717) is 0 Å². The molecule has 1 heterocycles. The number of rotatable bonds is 11. The van der Waals surface area contributed by atoms with Crippen LogP contribution in [0.4, 0.5) is 5.69 Å². The van der Waals surface area contributed by atoms with E-state index in [4.69, 9.17) is 64.5 Å². The average molecular weight is 516 g/mol. The van der Waals surface area contributed by atoms with Crippen LogP contribution in [0.3, 0.4) is 0 Å². The highest BCUT2D eigenvalue weighted by atomic mass is 35.5. The lowest BCUT2D eigenvalue weighted by Crippen LogP contribution is -2.12. The van der Waals surface area contributed by atoms with E-state index in [9.17, 15) is 9.13 Å². The van der Waals surface area contributed by atoms with E-state index >= 15 is 0 Å². The smallest absolute Gasteiger partial charge is 0.304 e. The van der Waals surface area contributed by atoms with Gasteiger partial charge in [-0.05, 0) is 27.7 Å². The van der Waals surface area contributed by atoms with E-state index < -0.39 is 20.4 Å². The number of aromatic nitrogens is 1. The zero-order valence-corrected chi connectivity index (χ0v) is 20.4. The number of aliphatic imine (C=N–C) groups is 1. The molecule has 0 unspecified atom stereocenters. The van der Waals surface area contributed by atoms with Gasteiger partial charge in [0.2, 0.25) is 5.19 Å². The van der Waals surface area contributed by atoms with Crippen LogP contribution in [0, 0.1) is 0 Å². The SMILES string of the molecule is CCOP(=O)(OCC)C(=Nc1c(Cl)c(Cl)nc(Cl)c1Cl)P(=O)(OCC)OCC. The molecular formula is C14H20Cl4N2O6P2. The summed E-state index contributed by atoms with van der Waals surface area (Å²) >= 11 is 24.1. The fourth-order valence-electron chi connectivity index (χ4n) is 1.93. The van der Waals surface area contributed by atoms with Gasteiger partial charge in [0, 0.05) is 0 Å². The van der Waals surface area contributed by atoms with E-state index in [2.05, 4.69) is 9.98 Å². The Morgan fingerprint density at radius 3 is 1.39 bits per heavy atom. The van der Waals surface area contributed by atoms with Crippen LogP contribution >= 0.6 is 61.6 Å². The Morgan fingerprint density at radius 1 is 0.786 bits per heavy atom. The minimum atomic E-state index is -4.23. The normalized spacial score (nSPS) is 12.3. The summed E-state index contributed by atoms with van der Waals surface area (Å²) in [4.78, 5) is 7.86. The highest BCUT2D eigenvalue weighted by Crippen LogP contribution is 2.67. The molecule has 0 fully saturated rings. The minimum Gasteiger partial charge on any atom is -0.304 e. The number of nitrogens with zero attached hydrogens (tertiary/aromatic N) is 2. The molecule has 0 saturated heterocycles. The summed E-state index contributed by atoms with van der Waals surface area (Å²) in [6, 6.07) is 0. The lowest BCUT2D eigenvalue weighted by atomic mass is 10.4. The van der Waals surface area contributed by atoms with Gasteiger partial charge in [-0.15, -0.1) is 0 Å². The van der Waals surface area contributed by atoms with Crippen molar-refractivity contribution in [1.29, 1.82) is 0 Å². The third kappa shape index (κ3) is 6.14. The van der Waals surface area contributed by atoms with Crippen LogP contribution in [-0.4, -0.2) is 36.6 Å². The van der Waals surface area contributed by atoms with Gasteiger partial charge >= 0.3 is 15.2 Å². The minimum absolute atomic E-state index is 0.0339. The summed E-state index contributed by atoms with van der Waals surface area (Å²) in [5, 5.41) is -1.44. The van der Waals surface area contributed by atoms with Crippen molar-refractivity contribution in [3.8, 4) is 0 Å². The molecule has 0 bridgehead atoms. The van der Waals surface area contributed by atoms with E-state index in [-0.39, 0.29) is 52.5 Å². The highest BCUT2D eigenvalue weighted by molar-refractivity contribution is 7.98. The second kappa shape index (κ2) is 11.6. The number of hydrogen-bond donors (Lipinski definition) is 0. The second-order valence-electron chi connectivity index (χ2n) is 4.75. The Labute approximate surface area is 183 Å². The molecule has 0 spiro atoms. The summed E-state index contributed by atoms with van der Waals surface area (Å²) in [7, 11) is -8.47. The third-order valence-electron chi connectivity index (χ3n) is 2.87. The molecule has 28 heavy (non-hydrogen) atoms. The maximum absolute atomic E-state index is 13.4. The van der Waals surface area contributed by atoms with Crippen LogP contribution in [-0.2, 0) is 27.2 Å². The molecule has 8 nitrogen and oxygen atoms in total. The van der Waals surface area contributed by atoms with Crippen molar-refractivity contribution in [2.75, 3.05) is 26.4 Å². The van der Waals surface area contributed by atoms with Gasteiger partial charge in [0.15, 0.2) is 10.3 Å². The van der Waals surface area contributed by atoms with Gasteiger partial charge in [0.1, 0.15) is 15.7 Å². The summed E-state index contributed by atoms with van der Waals surface area (Å²) in [5.74, 6) is 0. The van der Waals surface area contributed by atoms with E-state index in [1.165, 1.54) is 0 Å². The van der Waals surface area contributed by atoms with Gasteiger partial charge in [-0.25, -0.2) is 9.98 Å². The molecule has 0 radical (unpaired) electrons. The van der Waals surface area contributed by atoms with Crippen molar-refractivity contribution in [1.82, 2.24) is 4.98 Å². The van der Waals surface area contributed by atoms with Crippen molar-refractivity contribution < 1.29 is 27.2 Å². The molecule has 0 aromatic carbocycles. The van der Waals surface area contributed by atoms with E-state index in [0.717, 1.165) is 0 Å². The molecule has 14 heteroatoms. The molecule has 1 rings (SSSR count). The molecule has 0 aliphatic heterocycles. The maximum Gasteiger partial charge on any atom is 0.388 e. The third-order valence-corrected chi connectivity index (χ3v) is 9.37. The summed E-state index contributed by atoms with van der Waals surface area (Å²) in [6.45, 7) is 6.18. The summed E-state index contributed by atoms with van der Waals surface area (Å²) in [6.07, 6.45) is 0. The second-order valence-corrected chi connectivity index (χ2v) is 10.4. The molecular weight excluding hydrogens is 496 g/mol. The average Bonchev–Trinajstić information content (AvgIpc) is 2.60. The van der Waals surface area contributed by atoms with Gasteiger partial charge in [0.25, 0.3) is 0 Å². The molecule has 160 valence electrons. The van der Waals surface area contributed by atoms with Crippen molar-refractivity contribution in [3.05, 3.63) is 20.4 Å². The van der Waals surface area contributed by atoms with Gasteiger partial charge in [0.05, 0.1) is 26.4 Å². The Bertz CT molecular complexity index is 745. The van der Waals surface area contributed by atoms with E-state index in [1.807, 2.05) is 0 Å². The molecule has 0 saturated carbocycles. The first-order chi connectivity index (χ1) is 13.1. The molecule has 1 aromatic rings. The molecule has 0 amide bonds. The lowest BCUT2D eigenvalue weighted by Gasteiger charge is -2.24. The predicted octanol–water partition coefficient (Wildman–Crippen LogP) is 7.21. The Balaban J connectivity index is 3.90. The van der Waals surface area contributed by atoms with Crippen LogP contribution in [0.5, 0.6) is 0 Å². The molecule has 0 aliphatic carbocycles. The first kappa shape index (κ1) is 26.3. The largest absolute Gasteiger partial charge is 0.388 e. The monoisotopic (exact) mass is 514 g/mol. The maximum atomic E-state index is 13.4. The van der Waals surface area contributed by atoms with Crippen molar-refractivity contribution in [2.24, 2.45) is 4.99 Å². The highest BCUT2D eigenvalue weighted by Gasteiger charge is 2.48. The van der Waals surface area contributed by atoms with Gasteiger partial charge in [-0.1, -0.05) is 46.4 Å². The standard InChI is InChI=1S/C14H20Cl4N2O6P2/c1-5-23-27(21,24-6-2)14(28(22,25-7-3)26-8-4)19-11-9(15)12(17)20-13(18)10(11)16/h5-8H2,1-4H3. The fourth-order valence-corrected chi connectivity index (χ4v) is 7.04. The number of hydrogen-bond acceptors (Lipinski definition) is 8. The van der Waals surface area contributed by atoms with Crippen molar-refractivity contribution in [3.63, 3.8) is 0 Å². The van der Waals surface area contributed by atoms with Crippen LogP contribution in [0.25, 0.3) is 0 Å². The molecule has 0 atom stereocenters. The topological polar surface area (TPSA) is 96.3 Å². The molecule has 0 aliphatic rings. The van der Waals surface area contributed by atoms with Crippen LogP contribution in [0.1, 0.15) is 27.7 Å². The molecule has 0 N–H and O–H groups in total. The van der Waals surface area contributed by atoms with Crippen LogP contribution in [0.15, 0.2) is 4.99 Å². The zero-order chi connectivity index (χ0) is 21.5. The Hall–Kier alpha value is 0.280. The number of pyridine rings is 1. The first-order valence-electron chi connectivity index (χ1n) is 8.18. The molecule has 1 aromatic heterocycles. The van der Waals surface area contributed by atoms with Gasteiger partial charge < -0.3 is 18.1 Å². The van der Waals surface area contributed by atoms with Crippen LogP contribution in [0.2, 0.25) is 20.4 Å². The van der Waals surface area contributed by atoms with Crippen molar-refractivity contribution >= 4 is 72.5 Å². The Kier molecular flexibility index (Phi) is 10.9. The van der Waals surface area contributed by atoms with Crippen LogP contribution < -0.4 is 0 Å². The quantitative estimate of drug-likeness (QED) is 0.174. The fraction of sp³-hybridized carbons (Fsp3) is 0.571.